The molecule has 0 bridgehead atoms. The normalized spacial score (nSPS) is 15.6. The van der Waals surface area contributed by atoms with Crippen molar-refractivity contribution in [1.29, 1.82) is 0 Å². The minimum atomic E-state index is 0.0501. The number of rotatable bonds is 3. The van der Waals surface area contributed by atoms with Crippen LogP contribution in [0, 0.1) is 0 Å². The van der Waals surface area contributed by atoms with Crippen LogP contribution < -0.4 is 5.32 Å². The minimum Gasteiger partial charge on any atom is -0.353 e. The van der Waals surface area contributed by atoms with Gasteiger partial charge in [0, 0.05) is 18.9 Å². The summed E-state index contributed by atoms with van der Waals surface area (Å²) in [5, 5.41) is 3.39. The zero-order valence-electron chi connectivity index (χ0n) is 8.14. The van der Waals surface area contributed by atoms with E-state index in [0.717, 1.165) is 12.0 Å². The van der Waals surface area contributed by atoms with Crippen LogP contribution in [-0.4, -0.2) is 34.0 Å². The van der Waals surface area contributed by atoms with E-state index in [-0.39, 0.29) is 5.91 Å². The quantitative estimate of drug-likeness (QED) is 0.748. The van der Waals surface area contributed by atoms with E-state index in [2.05, 4.69) is 10.3 Å². The van der Waals surface area contributed by atoms with Crippen molar-refractivity contribution in [3.05, 3.63) is 30.1 Å². The van der Waals surface area contributed by atoms with E-state index in [9.17, 15) is 4.79 Å². The Labute approximate surface area is 93.3 Å². The lowest BCUT2D eigenvalue weighted by atomic mass is 10.2. The molecule has 2 heterocycles. The Hall–Kier alpha value is -1.49. The lowest BCUT2D eigenvalue weighted by Gasteiger charge is -2.13. The van der Waals surface area contributed by atoms with Crippen molar-refractivity contribution in [2.45, 2.75) is 6.42 Å². The second-order valence-electron chi connectivity index (χ2n) is 3.31. The molecule has 0 saturated carbocycles. The molecule has 5 heteroatoms. The van der Waals surface area contributed by atoms with Crippen LogP contribution in [0.3, 0.4) is 0 Å². The summed E-state index contributed by atoms with van der Waals surface area (Å²) in [7, 11) is 0. The molecular weight excluding hydrogens is 210 g/mol. The van der Waals surface area contributed by atoms with Crippen LogP contribution in [0.15, 0.2) is 24.5 Å². The summed E-state index contributed by atoms with van der Waals surface area (Å²) in [6, 6.07) is 3.88. The number of aromatic nitrogens is 1. The van der Waals surface area contributed by atoms with E-state index in [1.165, 1.54) is 0 Å². The Morgan fingerprint density at radius 1 is 1.47 bits per heavy atom. The van der Waals surface area contributed by atoms with Crippen LogP contribution in [0.4, 0.5) is 0 Å². The number of thiocarbonyl (C=S) groups is 1. The molecule has 1 saturated heterocycles. The maximum atomic E-state index is 11.4. The molecule has 0 aliphatic carbocycles. The number of pyridine rings is 1. The van der Waals surface area contributed by atoms with Gasteiger partial charge in [-0.25, -0.2) is 0 Å². The third-order valence-electron chi connectivity index (χ3n) is 2.31. The topological polar surface area (TPSA) is 45.2 Å². The number of hydrogen-bond donors (Lipinski definition) is 1. The maximum Gasteiger partial charge on any atom is 0.248 e. The first-order chi connectivity index (χ1) is 7.27. The molecule has 1 fully saturated rings. The minimum absolute atomic E-state index is 0.0501. The van der Waals surface area contributed by atoms with Crippen LogP contribution in [-0.2, 0) is 11.2 Å². The van der Waals surface area contributed by atoms with Gasteiger partial charge >= 0.3 is 0 Å². The predicted molar refractivity (Wildman–Crippen MR) is 60.3 cm³/mol. The van der Waals surface area contributed by atoms with Gasteiger partial charge in [0.15, 0.2) is 5.11 Å². The van der Waals surface area contributed by atoms with E-state index in [1.807, 2.05) is 12.1 Å². The Morgan fingerprint density at radius 3 is 2.80 bits per heavy atom. The standard InChI is InChI=1S/C10H11N3OS/c14-9-7-12-10(15)13(9)6-3-8-1-4-11-5-2-8/h1-2,4-5H,3,6-7H2,(H,12,15). The SMILES string of the molecule is O=C1CNC(=S)N1CCc1ccncc1. The van der Waals surface area contributed by atoms with E-state index in [1.54, 1.807) is 17.3 Å². The Bertz CT molecular complexity index is 364. The molecule has 4 nitrogen and oxygen atoms in total. The Kier molecular flexibility index (Phi) is 2.91. The van der Waals surface area contributed by atoms with E-state index >= 15 is 0 Å². The van der Waals surface area contributed by atoms with Crippen molar-refractivity contribution in [3.8, 4) is 0 Å². The molecular formula is C10H11N3OS. The van der Waals surface area contributed by atoms with E-state index < -0.39 is 0 Å². The van der Waals surface area contributed by atoms with Gasteiger partial charge in [-0.3, -0.25) is 14.7 Å². The number of carbonyl (C=O) groups excluding carboxylic acids is 1. The van der Waals surface area contributed by atoms with Crippen molar-refractivity contribution >= 4 is 23.2 Å². The monoisotopic (exact) mass is 221 g/mol. The van der Waals surface area contributed by atoms with Gasteiger partial charge in [-0.15, -0.1) is 0 Å². The van der Waals surface area contributed by atoms with Crippen molar-refractivity contribution < 1.29 is 4.79 Å². The zero-order chi connectivity index (χ0) is 10.7. The Morgan fingerprint density at radius 2 is 2.20 bits per heavy atom. The van der Waals surface area contributed by atoms with Gasteiger partial charge in [-0.05, 0) is 36.3 Å². The summed E-state index contributed by atoms with van der Waals surface area (Å²) < 4.78 is 0. The number of carbonyl (C=O) groups is 1. The molecule has 1 aliphatic heterocycles. The number of amides is 1. The highest BCUT2D eigenvalue weighted by molar-refractivity contribution is 7.80. The third-order valence-corrected chi connectivity index (χ3v) is 2.68. The second kappa shape index (κ2) is 4.35. The van der Waals surface area contributed by atoms with E-state index in [0.29, 0.717) is 18.2 Å². The highest BCUT2D eigenvalue weighted by atomic mass is 32.1. The average molecular weight is 221 g/mol. The third kappa shape index (κ3) is 2.30. The highest BCUT2D eigenvalue weighted by Gasteiger charge is 2.24. The predicted octanol–water partition coefficient (Wildman–Crippen LogP) is 0.341. The molecule has 15 heavy (non-hydrogen) atoms. The lowest BCUT2D eigenvalue weighted by Crippen LogP contribution is -2.32. The molecule has 0 spiro atoms. The molecule has 0 atom stereocenters. The molecule has 0 unspecified atom stereocenters. The van der Waals surface area contributed by atoms with Gasteiger partial charge in [0.2, 0.25) is 5.91 Å². The second-order valence-corrected chi connectivity index (χ2v) is 3.70. The Balaban J connectivity index is 1.93. The summed E-state index contributed by atoms with van der Waals surface area (Å²) >= 11 is 5.01. The number of nitrogens with one attached hydrogen (secondary N) is 1. The van der Waals surface area contributed by atoms with Gasteiger partial charge in [-0.1, -0.05) is 0 Å². The fourth-order valence-electron chi connectivity index (χ4n) is 1.47. The first-order valence-corrected chi connectivity index (χ1v) is 5.15. The van der Waals surface area contributed by atoms with E-state index in [4.69, 9.17) is 12.2 Å². The molecule has 0 radical (unpaired) electrons. The van der Waals surface area contributed by atoms with Gasteiger partial charge in [0.05, 0.1) is 6.54 Å². The van der Waals surface area contributed by atoms with Crippen molar-refractivity contribution in [3.63, 3.8) is 0 Å². The van der Waals surface area contributed by atoms with Crippen molar-refractivity contribution in [1.82, 2.24) is 15.2 Å². The number of nitrogens with zero attached hydrogens (tertiary/aromatic N) is 2. The average Bonchev–Trinajstić information content (AvgIpc) is 2.58. The molecule has 1 amide bonds. The largest absolute Gasteiger partial charge is 0.353 e. The first kappa shape index (κ1) is 10.0. The molecule has 1 N–H and O–H groups in total. The van der Waals surface area contributed by atoms with Crippen molar-refractivity contribution in [2.24, 2.45) is 0 Å². The zero-order valence-corrected chi connectivity index (χ0v) is 8.96. The lowest BCUT2D eigenvalue weighted by molar-refractivity contribution is -0.124. The molecule has 78 valence electrons. The summed E-state index contributed by atoms with van der Waals surface area (Å²) in [4.78, 5) is 16.9. The summed E-state index contributed by atoms with van der Waals surface area (Å²) in [5.74, 6) is 0.0501. The van der Waals surface area contributed by atoms with Gasteiger partial charge in [0.1, 0.15) is 0 Å². The smallest absolute Gasteiger partial charge is 0.248 e. The fourth-order valence-corrected chi connectivity index (χ4v) is 1.74. The fraction of sp³-hybridized carbons (Fsp3) is 0.300. The van der Waals surface area contributed by atoms with Gasteiger partial charge < -0.3 is 5.32 Å². The maximum absolute atomic E-state index is 11.4. The first-order valence-electron chi connectivity index (χ1n) is 4.74. The van der Waals surface area contributed by atoms with Crippen LogP contribution in [0.1, 0.15) is 5.56 Å². The molecule has 1 aromatic heterocycles. The van der Waals surface area contributed by atoms with Crippen LogP contribution >= 0.6 is 12.2 Å². The number of hydrogen-bond acceptors (Lipinski definition) is 3. The van der Waals surface area contributed by atoms with Crippen molar-refractivity contribution in [2.75, 3.05) is 13.1 Å². The molecule has 1 aromatic rings. The van der Waals surface area contributed by atoms with Crippen LogP contribution in [0.2, 0.25) is 0 Å². The molecule has 1 aliphatic rings. The van der Waals surface area contributed by atoms with Gasteiger partial charge in [0.25, 0.3) is 0 Å². The summed E-state index contributed by atoms with van der Waals surface area (Å²) in [6.45, 7) is 0.962. The highest BCUT2D eigenvalue weighted by Crippen LogP contribution is 2.03. The van der Waals surface area contributed by atoms with Crippen LogP contribution in [0.5, 0.6) is 0 Å². The van der Waals surface area contributed by atoms with Crippen LogP contribution in [0.25, 0.3) is 0 Å². The summed E-state index contributed by atoms with van der Waals surface area (Å²) in [5.41, 5.74) is 1.16. The molecule has 2 rings (SSSR count). The van der Waals surface area contributed by atoms with Gasteiger partial charge in [-0.2, -0.15) is 0 Å². The summed E-state index contributed by atoms with van der Waals surface area (Å²) in [6.07, 6.45) is 4.30. The molecule has 0 aromatic carbocycles.